The molecule has 0 atom stereocenters. The van der Waals surface area contributed by atoms with Gasteiger partial charge in [-0.3, -0.25) is 4.79 Å². The minimum absolute atomic E-state index is 0.250. The third kappa shape index (κ3) is 4.43. The van der Waals surface area contributed by atoms with Crippen LogP contribution in [-0.4, -0.2) is 30.3 Å². The van der Waals surface area contributed by atoms with Crippen molar-refractivity contribution in [3.05, 3.63) is 75.6 Å². The summed E-state index contributed by atoms with van der Waals surface area (Å²) in [6.07, 6.45) is 0. The van der Waals surface area contributed by atoms with Crippen LogP contribution in [0.5, 0.6) is 11.5 Å². The van der Waals surface area contributed by atoms with E-state index in [4.69, 9.17) is 37.2 Å². The molecule has 2 heterocycles. The lowest BCUT2D eigenvalue weighted by molar-refractivity contribution is 0.103. The van der Waals surface area contributed by atoms with Crippen molar-refractivity contribution in [2.45, 2.75) is 0 Å². The van der Waals surface area contributed by atoms with Crippen LogP contribution in [0.3, 0.4) is 0 Å². The van der Waals surface area contributed by atoms with Crippen molar-refractivity contribution in [2.24, 2.45) is 0 Å². The molecule has 0 saturated carbocycles. The van der Waals surface area contributed by atoms with E-state index in [2.05, 4.69) is 15.5 Å². The Balaban J connectivity index is 1.45. The summed E-state index contributed by atoms with van der Waals surface area (Å²) < 4.78 is 17.0. The SMILES string of the molecule is COc1ccc(-c2noc(-c3ccccc3NC(=O)c3sc4cc(Cl)ccc4c3Cl)n2)cc1OC. The summed E-state index contributed by atoms with van der Waals surface area (Å²) in [6.45, 7) is 0. The third-order valence-electron chi connectivity index (χ3n) is 5.27. The zero-order chi connectivity index (χ0) is 24.5. The van der Waals surface area contributed by atoms with E-state index in [-0.39, 0.29) is 11.8 Å². The van der Waals surface area contributed by atoms with Gasteiger partial charge in [-0.25, -0.2) is 0 Å². The number of thiophene rings is 1. The van der Waals surface area contributed by atoms with E-state index in [0.29, 0.717) is 49.1 Å². The number of anilines is 1. The predicted molar refractivity (Wildman–Crippen MR) is 138 cm³/mol. The van der Waals surface area contributed by atoms with Gasteiger partial charge in [0.05, 0.1) is 30.5 Å². The number of benzene rings is 3. The van der Waals surface area contributed by atoms with Gasteiger partial charge in [-0.2, -0.15) is 4.98 Å². The van der Waals surface area contributed by atoms with E-state index >= 15 is 0 Å². The van der Waals surface area contributed by atoms with E-state index in [9.17, 15) is 4.79 Å². The highest BCUT2D eigenvalue weighted by atomic mass is 35.5. The molecule has 7 nitrogen and oxygen atoms in total. The number of hydrogen-bond acceptors (Lipinski definition) is 7. The minimum Gasteiger partial charge on any atom is -0.493 e. The maximum Gasteiger partial charge on any atom is 0.267 e. The number of methoxy groups -OCH3 is 2. The molecule has 0 unspecified atom stereocenters. The fourth-order valence-electron chi connectivity index (χ4n) is 3.57. The lowest BCUT2D eigenvalue weighted by atomic mass is 10.1. The highest BCUT2D eigenvalue weighted by molar-refractivity contribution is 7.21. The maximum atomic E-state index is 13.1. The summed E-state index contributed by atoms with van der Waals surface area (Å²) in [5.74, 6) is 1.41. The molecule has 0 spiro atoms. The molecule has 1 amide bonds. The topological polar surface area (TPSA) is 86.5 Å². The first-order chi connectivity index (χ1) is 17.0. The molecular weight excluding hydrogens is 509 g/mol. The Morgan fingerprint density at radius 3 is 2.60 bits per heavy atom. The van der Waals surface area contributed by atoms with Crippen molar-refractivity contribution >= 4 is 56.2 Å². The molecule has 0 bridgehead atoms. The van der Waals surface area contributed by atoms with E-state index in [0.717, 1.165) is 10.1 Å². The fourth-order valence-corrected chi connectivity index (χ4v) is 5.26. The van der Waals surface area contributed by atoms with Crippen molar-refractivity contribution in [2.75, 3.05) is 19.5 Å². The number of amides is 1. The lowest BCUT2D eigenvalue weighted by Gasteiger charge is -2.08. The molecule has 5 aromatic rings. The Bertz CT molecular complexity index is 1560. The molecule has 5 rings (SSSR count). The van der Waals surface area contributed by atoms with Crippen molar-refractivity contribution < 1.29 is 18.8 Å². The van der Waals surface area contributed by atoms with Gasteiger partial charge >= 0.3 is 0 Å². The summed E-state index contributed by atoms with van der Waals surface area (Å²) in [4.78, 5) is 18.0. The van der Waals surface area contributed by atoms with Gasteiger partial charge in [0.1, 0.15) is 4.88 Å². The Kier molecular flexibility index (Phi) is 6.34. The van der Waals surface area contributed by atoms with Gasteiger partial charge in [0.25, 0.3) is 11.8 Å². The highest BCUT2D eigenvalue weighted by Crippen LogP contribution is 2.38. The van der Waals surface area contributed by atoms with Crippen molar-refractivity contribution in [1.82, 2.24) is 10.1 Å². The highest BCUT2D eigenvalue weighted by Gasteiger charge is 2.21. The first-order valence-electron chi connectivity index (χ1n) is 10.3. The molecule has 0 aliphatic carbocycles. The zero-order valence-corrected chi connectivity index (χ0v) is 20.8. The number of ether oxygens (including phenoxy) is 2. The Morgan fingerprint density at radius 1 is 1.00 bits per heavy atom. The second-order valence-corrected chi connectivity index (χ2v) is 9.24. The second kappa shape index (κ2) is 9.58. The number of hydrogen-bond donors (Lipinski definition) is 1. The fraction of sp³-hybridized carbons (Fsp3) is 0.0800. The van der Waals surface area contributed by atoms with Crippen LogP contribution < -0.4 is 14.8 Å². The molecule has 0 aliphatic heterocycles. The normalized spacial score (nSPS) is 11.0. The smallest absolute Gasteiger partial charge is 0.267 e. The number of fused-ring (bicyclic) bond motifs is 1. The van der Waals surface area contributed by atoms with Crippen molar-refractivity contribution in [1.29, 1.82) is 0 Å². The van der Waals surface area contributed by atoms with E-state index in [1.807, 2.05) is 6.07 Å². The van der Waals surface area contributed by atoms with E-state index in [1.165, 1.54) is 11.3 Å². The first-order valence-corrected chi connectivity index (χ1v) is 11.9. The van der Waals surface area contributed by atoms with Gasteiger partial charge in [-0.15, -0.1) is 11.3 Å². The molecule has 0 fully saturated rings. The predicted octanol–water partition coefficient (Wildman–Crippen LogP) is 7.19. The lowest BCUT2D eigenvalue weighted by Crippen LogP contribution is -2.11. The van der Waals surface area contributed by atoms with Gasteiger partial charge in [0.2, 0.25) is 5.82 Å². The molecule has 2 aromatic heterocycles. The van der Waals surface area contributed by atoms with Gasteiger partial charge in [-0.05, 0) is 42.5 Å². The van der Waals surface area contributed by atoms with Crippen LogP contribution in [-0.2, 0) is 0 Å². The monoisotopic (exact) mass is 525 g/mol. The Hall–Kier alpha value is -3.59. The first kappa shape index (κ1) is 23.2. The van der Waals surface area contributed by atoms with Gasteiger partial charge < -0.3 is 19.3 Å². The van der Waals surface area contributed by atoms with Crippen LogP contribution in [0, 0.1) is 0 Å². The molecule has 3 aromatic carbocycles. The summed E-state index contributed by atoms with van der Waals surface area (Å²) in [6, 6.07) is 17.8. The summed E-state index contributed by atoms with van der Waals surface area (Å²) in [5.41, 5.74) is 1.77. The minimum atomic E-state index is -0.348. The van der Waals surface area contributed by atoms with Crippen LogP contribution in [0.2, 0.25) is 10.0 Å². The average Bonchev–Trinajstić information content (AvgIpc) is 3.49. The molecule has 176 valence electrons. The number of nitrogens with one attached hydrogen (secondary N) is 1. The molecular formula is C25H17Cl2N3O4S. The molecule has 0 saturated heterocycles. The van der Waals surface area contributed by atoms with Gasteiger partial charge in [0.15, 0.2) is 11.5 Å². The number of halogens is 2. The number of nitrogens with zero attached hydrogens (tertiary/aromatic N) is 2. The summed E-state index contributed by atoms with van der Waals surface area (Å²) in [7, 11) is 3.12. The number of aromatic nitrogens is 2. The largest absolute Gasteiger partial charge is 0.493 e. The molecule has 1 N–H and O–H groups in total. The number of carbonyl (C=O) groups excluding carboxylic acids is 1. The van der Waals surface area contributed by atoms with Crippen LogP contribution in [0.4, 0.5) is 5.69 Å². The second-order valence-electron chi connectivity index (χ2n) is 7.38. The zero-order valence-electron chi connectivity index (χ0n) is 18.5. The molecule has 10 heteroatoms. The number of carbonyl (C=O) groups is 1. The quantitative estimate of drug-likeness (QED) is 0.252. The molecule has 0 radical (unpaired) electrons. The van der Waals surface area contributed by atoms with Gasteiger partial charge in [0, 0.05) is 20.7 Å². The molecule has 35 heavy (non-hydrogen) atoms. The Morgan fingerprint density at radius 2 is 1.80 bits per heavy atom. The summed E-state index contributed by atoms with van der Waals surface area (Å²) in [5, 5.41) is 8.74. The maximum absolute atomic E-state index is 13.1. The van der Waals surface area contributed by atoms with Crippen molar-refractivity contribution in [3.8, 4) is 34.3 Å². The summed E-state index contributed by atoms with van der Waals surface area (Å²) >= 11 is 13.8. The van der Waals surface area contributed by atoms with Crippen molar-refractivity contribution in [3.63, 3.8) is 0 Å². The number of rotatable bonds is 6. The van der Waals surface area contributed by atoms with Crippen LogP contribution in [0.25, 0.3) is 32.9 Å². The van der Waals surface area contributed by atoms with E-state index in [1.54, 1.807) is 68.8 Å². The molecule has 0 aliphatic rings. The van der Waals surface area contributed by atoms with E-state index < -0.39 is 0 Å². The van der Waals surface area contributed by atoms with Crippen LogP contribution in [0.15, 0.2) is 65.2 Å². The number of para-hydroxylation sites is 1. The van der Waals surface area contributed by atoms with Crippen LogP contribution >= 0.6 is 34.5 Å². The third-order valence-corrected chi connectivity index (χ3v) is 7.16. The standard InChI is InChI=1S/C25H17Cl2N3O4S/c1-32-18-10-7-13(11-19(18)33-2)23-29-25(34-30-23)15-5-3-4-6-17(15)28-24(31)22-21(27)16-9-8-14(26)12-20(16)35-22/h3-12H,1-2H3,(H,28,31). The Labute approximate surface area is 214 Å². The van der Waals surface area contributed by atoms with Crippen LogP contribution in [0.1, 0.15) is 9.67 Å². The average molecular weight is 526 g/mol. The van der Waals surface area contributed by atoms with Gasteiger partial charge in [-0.1, -0.05) is 46.6 Å².